The number of aromatic nitrogens is 2. The number of rotatable bonds is 3. The van der Waals surface area contributed by atoms with Gasteiger partial charge >= 0.3 is 0 Å². The third-order valence-electron chi connectivity index (χ3n) is 2.73. The van der Waals surface area contributed by atoms with E-state index >= 15 is 0 Å². The number of anilines is 1. The zero-order chi connectivity index (χ0) is 9.97. The normalized spacial score (nSPS) is 26.7. The zero-order valence-electron chi connectivity index (χ0n) is 8.73. The van der Waals surface area contributed by atoms with Gasteiger partial charge in [-0.25, -0.2) is 0 Å². The van der Waals surface area contributed by atoms with Gasteiger partial charge in [-0.15, -0.1) is 0 Å². The molecule has 1 aromatic heterocycles. The highest BCUT2D eigenvalue weighted by atomic mass is 16.5. The maximum atomic E-state index is 5.50. The summed E-state index contributed by atoms with van der Waals surface area (Å²) < 4.78 is 7.46. The van der Waals surface area contributed by atoms with Crippen molar-refractivity contribution in [1.29, 1.82) is 0 Å². The summed E-state index contributed by atoms with van der Waals surface area (Å²) in [5, 5.41) is 7.68. The first-order valence-electron chi connectivity index (χ1n) is 5.21. The van der Waals surface area contributed by atoms with Gasteiger partial charge in [0.2, 0.25) is 0 Å². The summed E-state index contributed by atoms with van der Waals surface area (Å²) in [5.41, 5.74) is 0. The molecule has 4 heteroatoms. The smallest absolute Gasteiger partial charge is 0.124 e. The van der Waals surface area contributed by atoms with Crippen molar-refractivity contribution < 1.29 is 4.74 Å². The summed E-state index contributed by atoms with van der Waals surface area (Å²) in [6.07, 6.45) is 3.21. The van der Waals surface area contributed by atoms with Crippen LogP contribution < -0.4 is 5.32 Å². The molecule has 1 saturated heterocycles. The second-order valence-electron chi connectivity index (χ2n) is 3.65. The monoisotopic (exact) mass is 195 g/mol. The molecule has 0 bridgehead atoms. The number of hydrogen-bond acceptors (Lipinski definition) is 3. The first-order chi connectivity index (χ1) is 6.81. The molecule has 0 aliphatic carbocycles. The van der Waals surface area contributed by atoms with Crippen molar-refractivity contribution in [1.82, 2.24) is 9.78 Å². The summed E-state index contributed by atoms with van der Waals surface area (Å²) in [6, 6.07) is 2.44. The lowest BCUT2D eigenvalue weighted by Gasteiger charge is -2.17. The van der Waals surface area contributed by atoms with E-state index in [1.165, 1.54) is 0 Å². The average Bonchev–Trinajstić information content (AvgIpc) is 2.77. The van der Waals surface area contributed by atoms with Crippen LogP contribution in [0, 0.1) is 0 Å². The quantitative estimate of drug-likeness (QED) is 0.794. The van der Waals surface area contributed by atoms with Crippen LogP contribution in [0.15, 0.2) is 12.3 Å². The van der Waals surface area contributed by atoms with Crippen LogP contribution >= 0.6 is 0 Å². The van der Waals surface area contributed by atoms with Crippen molar-refractivity contribution in [2.24, 2.45) is 0 Å². The Bertz CT molecular complexity index is 297. The predicted octanol–water partition coefficient (Wildman–Crippen LogP) is 1.49. The van der Waals surface area contributed by atoms with Crippen LogP contribution in [0.3, 0.4) is 0 Å². The van der Waals surface area contributed by atoms with E-state index in [-0.39, 0.29) is 0 Å². The molecule has 2 unspecified atom stereocenters. The van der Waals surface area contributed by atoms with E-state index in [1.54, 1.807) is 0 Å². The van der Waals surface area contributed by atoms with Gasteiger partial charge in [0.15, 0.2) is 0 Å². The number of nitrogens with zero attached hydrogens (tertiary/aromatic N) is 2. The standard InChI is InChI=1S/C10H17N3O/c1-3-13-10(4-6-11-13)12-9-5-7-14-8(9)2/h4,6,8-9,12H,3,5,7H2,1-2H3. The van der Waals surface area contributed by atoms with Crippen molar-refractivity contribution >= 4 is 5.82 Å². The van der Waals surface area contributed by atoms with Crippen molar-refractivity contribution in [3.05, 3.63) is 12.3 Å². The molecule has 2 rings (SSSR count). The molecule has 2 atom stereocenters. The van der Waals surface area contributed by atoms with Gasteiger partial charge in [-0.2, -0.15) is 5.10 Å². The van der Waals surface area contributed by atoms with Gasteiger partial charge < -0.3 is 10.1 Å². The molecular weight excluding hydrogens is 178 g/mol. The van der Waals surface area contributed by atoms with Crippen LogP contribution in [0.2, 0.25) is 0 Å². The first-order valence-corrected chi connectivity index (χ1v) is 5.21. The largest absolute Gasteiger partial charge is 0.376 e. The topological polar surface area (TPSA) is 39.1 Å². The molecule has 14 heavy (non-hydrogen) atoms. The lowest BCUT2D eigenvalue weighted by molar-refractivity contribution is 0.121. The highest BCUT2D eigenvalue weighted by Gasteiger charge is 2.24. The molecule has 0 amide bonds. The minimum absolute atomic E-state index is 0.301. The van der Waals surface area contributed by atoms with E-state index in [0.717, 1.165) is 25.4 Å². The fourth-order valence-electron chi connectivity index (χ4n) is 1.82. The average molecular weight is 195 g/mol. The summed E-state index contributed by atoms with van der Waals surface area (Å²) in [6.45, 7) is 5.96. The van der Waals surface area contributed by atoms with E-state index in [2.05, 4.69) is 24.3 Å². The molecule has 0 spiro atoms. The van der Waals surface area contributed by atoms with E-state index in [4.69, 9.17) is 4.74 Å². The second-order valence-corrected chi connectivity index (χ2v) is 3.65. The number of nitrogens with one attached hydrogen (secondary N) is 1. The molecule has 2 heterocycles. The summed E-state index contributed by atoms with van der Waals surface area (Å²) in [5.74, 6) is 1.09. The lowest BCUT2D eigenvalue weighted by atomic mass is 10.1. The Morgan fingerprint density at radius 1 is 1.71 bits per heavy atom. The van der Waals surface area contributed by atoms with Gasteiger partial charge in [-0.05, 0) is 20.3 Å². The Hall–Kier alpha value is -1.03. The molecule has 0 radical (unpaired) electrons. The number of ether oxygens (including phenoxy) is 1. The van der Waals surface area contributed by atoms with Gasteiger partial charge in [0.25, 0.3) is 0 Å². The van der Waals surface area contributed by atoms with Crippen molar-refractivity contribution in [3.8, 4) is 0 Å². The molecule has 0 aromatic carbocycles. The van der Waals surface area contributed by atoms with Gasteiger partial charge in [-0.1, -0.05) is 0 Å². The minimum atomic E-state index is 0.301. The summed E-state index contributed by atoms with van der Waals surface area (Å²) in [4.78, 5) is 0. The molecule has 1 aromatic rings. The second kappa shape index (κ2) is 4.00. The van der Waals surface area contributed by atoms with Gasteiger partial charge in [0, 0.05) is 19.2 Å². The van der Waals surface area contributed by atoms with Crippen molar-refractivity contribution in [3.63, 3.8) is 0 Å². The SMILES string of the molecule is CCn1nccc1NC1CCOC1C. The van der Waals surface area contributed by atoms with E-state index in [1.807, 2.05) is 16.9 Å². The van der Waals surface area contributed by atoms with Gasteiger partial charge in [-0.3, -0.25) is 4.68 Å². The summed E-state index contributed by atoms with van der Waals surface area (Å²) in [7, 11) is 0. The number of hydrogen-bond donors (Lipinski definition) is 1. The lowest BCUT2D eigenvalue weighted by Crippen LogP contribution is -2.27. The van der Waals surface area contributed by atoms with Crippen LogP contribution in [0.4, 0.5) is 5.82 Å². The highest BCUT2D eigenvalue weighted by Crippen LogP contribution is 2.18. The Labute approximate surface area is 84.3 Å². The minimum Gasteiger partial charge on any atom is -0.376 e. The van der Waals surface area contributed by atoms with Crippen LogP contribution in [0.5, 0.6) is 0 Å². The third-order valence-corrected chi connectivity index (χ3v) is 2.73. The molecular formula is C10H17N3O. The highest BCUT2D eigenvalue weighted by molar-refractivity contribution is 5.35. The first kappa shape index (κ1) is 9.52. The van der Waals surface area contributed by atoms with E-state index in [9.17, 15) is 0 Å². The van der Waals surface area contributed by atoms with Crippen molar-refractivity contribution in [2.75, 3.05) is 11.9 Å². The van der Waals surface area contributed by atoms with Crippen LogP contribution in [-0.4, -0.2) is 28.5 Å². The Morgan fingerprint density at radius 2 is 2.57 bits per heavy atom. The Balaban J connectivity index is 2.02. The molecule has 0 saturated carbocycles. The molecule has 4 nitrogen and oxygen atoms in total. The van der Waals surface area contributed by atoms with Crippen LogP contribution in [0.25, 0.3) is 0 Å². The fourth-order valence-corrected chi connectivity index (χ4v) is 1.82. The molecule has 1 aliphatic heterocycles. The van der Waals surface area contributed by atoms with Crippen molar-refractivity contribution in [2.45, 2.75) is 39.0 Å². The maximum absolute atomic E-state index is 5.50. The van der Waals surface area contributed by atoms with E-state index in [0.29, 0.717) is 12.1 Å². The molecule has 78 valence electrons. The van der Waals surface area contributed by atoms with E-state index < -0.39 is 0 Å². The van der Waals surface area contributed by atoms with Crippen LogP contribution in [0.1, 0.15) is 20.3 Å². The fraction of sp³-hybridized carbons (Fsp3) is 0.700. The molecule has 1 fully saturated rings. The maximum Gasteiger partial charge on any atom is 0.124 e. The third kappa shape index (κ3) is 1.75. The van der Waals surface area contributed by atoms with Gasteiger partial charge in [0.05, 0.1) is 18.3 Å². The zero-order valence-corrected chi connectivity index (χ0v) is 8.73. The summed E-state index contributed by atoms with van der Waals surface area (Å²) >= 11 is 0. The Morgan fingerprint density at radius 3 is 3.21 bits per heavy atom. The van der Waals surface area contributed by atoms with Gasteiger partial charge in [0.1, 0.15) is 5.82 Å². The van der Waals surface area contributed by atoms with Crippen LogP contribution in [-0.2, 0) is 11.3 Å². The Kier molecular flexibility index (Phi) is 2.72. The molecule has 1 N–H and O–H groups in total. The predicted molar refractivity (Wildman–Crippen MR) is 55.3 cm³/mol. The molecule has 1 aliphatic rings. The number of aryl methyl sites for hydroxylation is 1.